The van der Waals surface area contributed by atoms with Crippen molar-refractivity contribution in [3.63, 3.8) is 0 Å². The second-order valence-electron chi connectivity index (χ2n) is 4.01. The van der Waals surface area contributed by atoms with Crippen molar-refractivity contribution < 1.29 is 8.78 Å². The summed E-state index contributed by atoms with van der Waals surface area (Å²) in [7, 11) is 0. The number of benzene rings is 1. The topological polar surface area (TPSA) is 15.3 Å². The lowest BCUT2D eigenvalue weighted by Gasteiger charge is -2.19. The molecular formula is C13H20F2N2. The number of nitrogens with one attached hydrogen (secondary N) is 1. The largest absolute Gasteiger partial charge is 0.379 e. The summed E-state index contributed by atoms with van der Waals surface area (Å²) in [6, 6.07) is 2.73. The number of hydrogen-bond donors (Lipinski definition) is 1. The smallest absolute Gasteiger partial charge is 0.152 e. The zero-order valence-corrected chi connectivity index (χ0v) is 10.7. The van der Waals surface area contributed by atoms with E-state index in [-0.39, 0.29) is 5.69 Å². The Morgan fingerprint density at radius 1 is 1.18 bits per heavy atom. The highest BCUT2D eigenvalue weighted by atomic mass is 19.1. The normalized spacial score (nSPS) is 10.9. The monoisotopic (exact) mass is 242 g/mol. The van der Waals surface area contributed by atoms with Crippen LogP contribution in [0.25, 0.3) is 0 Å². The van der Waals surface area contributed by atoms with Gasteiger partial charge in [-0.1, -0.05) is 19.9 Å². The van der Waals surface area contributed by atoms with Crippen LogP contribution in [-0.4, -0.2) is 31.1 Å². The maximum Gasteiger partial charge on any atom is 0.152 e. The minimum absolute atomic E-state index is 0.0165. The molecule has 0 aliphatic heterocycles. The van der Waals surface area contributed by atoms with Gasteiger partial charge in [0.1, 0.15) is 11.5 Å². The number of hydrogen-bond acceptors (Lipinski definition) is 2. The summed E-state index contributed by atoms with van der Waals surface area (Å²) in [5.41, 5.74) is 0.439. The summed E-state index contributed by atoms with van der Waals surface area (Å²) >= 11 is 0. The van der Waals surface area contributed by atoms with Crippen molar-refractivity contribution in [3.05, 3.63) is 29.3 Å². The van der Waals surface area contributed by atoms with Gasteiger partial charge in [-0.15, -0.1) is 0 Å². The number of rotatable bonds is 6. The van der Waals surface area contributed by atoms with Crippen LogP contribution in [0.1, 0.15) is 19.4 Å². The molecule has 0 aliphatic carbocycles. The van der Waals surface area contributed by atoms with Gasteiger partial charge in [0, 0.05) is 13.1 Å². The van der Waals surface area contributed by atoms with Crippen LogP contribution < -0.4 is 5.32 Å². The van der Waals surface area contributed by atoms with Crippen LogP contribution in [-0.2, 0) is 0 Å². The van der Waals surface area contributed by atoms with E-state index in [0.29, 0.717) is 12.1 Å². The fourth-order valence-corrected chi connectivity index (χ4v) is 1.70. The molecule has 96 valence electrons. The van der Waals surface area contributed by atoms with E-state index in [1.807, 2.05) is 0 Å². The molecular weight excluding hydrogens is 222 g/mol. The van der Waals surface area contributed by atoms with Crippen LogP contribution in [0.5, 0.6) is 0 Å². The first kappa shape index (κ1) is 13.9. The molecule has 0 saturated heterocycles. The lowest BCUT2D eigenvalue weighted by Crippen LogP contribution is -2.29. The minimum atomic E-state index is -0.535. The lowest BCUT2D eigenvalue weighted by molar-refractivity contribution is 0.315. The van der Waals surface area contributed by atoms with Crippen LogP contribution in [0, 0.1) is 18.6 Å². The summed E-state index contributed by atoms with van der Waals surface area (Å²) in [4.78, 5) is 2.19. The van der Waals surface area contributed by atoms with Crippen molar-refractivity contribution >= 4 is 5.69 Å². The van der Waals surface area contributed by atoms with Crippen LogP contribution in [0.15, 0.2) is 12.1 Å². The molecule has 0 unspecified atom stereocenters. The highest BCUT2D eigenvalue weighted by Crippen LogP contribution is 2.21. The molecule has 0 aliphatic rings. The van der Waals surface area contributed by atoms with Crippen LogP contribution in [0.4, 0.5) is 14.5 Å². The molecule has 0 amide bonds. The van der Waals surface area contributed by atoms with Crippen molar-refractivity contribution in [2.75, 3.05) is 31.5 Å². The minimum Gasteiger partial charge on any atom is -0.379 e. The van der Waals surface area contributed by atoms with Gasteiger partial charge in [0.15, 0.2) is 5.82 Å². The number of anilines is 1. The van der Waals surface area contributed by atoms with Gasteiger partial charge in [0.2, 0.25) is 0 Å². The van der Waals surface area contributed by atoms with Gasteiger partial charge in [-0.2, -0.15) is 0 Å². The molecule has 0 aromatic heterocycles. The Bertz CT molecular complexity index is 363. The van der Waals surface area contributed by atoms with Gasteiger partial charge in [0.05, 0.1) is 0 Å². The molecule has 0 saturated carbocycles. The zero-order chi connectivity index (χ0) is 12.8. The Morgan fingerprint density at radius 3 is 2.41 bits per heavy atom. The van der Waals surface area contributed by atoms with E-state index < -0.39 is 11.6 Å². The van der Waals surface area contributed by atoms with Crippen molar-refractivity contribution in [3.8, 4) is 0 Å². The molecule has 0 radical (unpaired) electrons. The van der Waals surface area contributed by atoms with E-state index >= 15 is 0 Å². The predicted molar refractivity (Wildman–Crippen MR) is 67.4 cm³/mol. The van der Waals surface area contributed by atoms with Gasteiger partial charge < -0.3 is 10.2 Å². The van der Waals surface area contributed by atoms with Crippen molar-refractivity contribution in [2.45, 2.75) is 20.8 Å². The van der Waals surface area contributed by atoms with E-state index in [2.05, 4.69) is 24.1 Å². The number of nitrogens with zero attached hydrogens (tertiary/aromatic N) is 1. The highest BCUT2D eigenvalue weighted by molar-refractivity contribution is 5.48. The standard InChI is InChI=1S/C13H20F2N2/c1-4-17(5-2)9-8-16-13-11(14)7-6-10(3)12(13)15/h6-7,16H,4-5,8-9H2,1-3H3. The summed E-state index contributed by atoms with van der Waals surface area (Å²) in [5, 5.41) is 2.83. The molecule has 0 bridgehead atoms. The fraction of sp³-hybridized carbons (Fsp3) is 0.538. The Morgan fingerprint density at radius 2 is 1.82 bits per heavy atom. The molecule has 0 spiro atoms. The van der Waals surface area contributed by atoms with E-state index in [1.54, 1.807) is 6.92 Å². The first-order valence-electron chi connectivity index (χ1n) is 6.01. The van der Waals surface area contributed by atoms with Crippen LogP contribution in [0.3, 0.4) is 0 Å². The van der Waals surface area contributed by atoms with Gasteiger partial charge in [0.25, 0.3) is 0 Å². The van der Waals surface area contributed by atoms with Gasteiger partial charge in [-0.3, -0.25) is 0 Å². The molecule has 0 atom stereocenters. The quantitative estimate of drug-likeness (QED) is 0.825. The van der Waals surface area contributed by atoms with Gasteiger partial charge in [-0.25, -0.2) is 8.78 Å². The van der Waals surface area contributed by atoms with Gasteiger partial charge >= 0.3 is 0 Å². The maximum atomic E-state index is 13.6. The lowest BCUT2D eigenvalue weighted by atomic mass is 10.2. The van der Waals surface area contributed by atoms with Crippen molar-refractivity contribution in [2.24, 2.45) is 0 Å². The highest BCUT2D eigenvalue weighted by Gasteiger charge is 2.10. The molecule has 0 fully saturated rings. The molecule has 1 aromatic carbocycles. The average molecular weight is 242 g/mol. The summed E-state index contributed by atoms with van der Waals surface area (Å²) in [6.45, 7) is 8.96. The predicted octanol–water partition coefficient (Wildman–Crippen LogP) is 3.03. The Hall–Kier alpha value is -1.16. The van der Waals surface area contributed by atoms with Gasteiger partial charge in [-0.05, 0) is 31.6 Å². The number of halogens is 2. The molecule has 2 nitrogen and oxygen atoms in total. The number of aryl methyl sites for hydroxylation is 1. The fourth-order valence-electron chi connectivity index (χ4n) is 1.70. The molecule has 4 heteroatoms. The molecule has 0 heterocycles. The van der Waals surface area contributed by atoms with E-state index in [1.165, 1.54) is 12.1 Å². The zero-order valence-electron chi connectivity index (χ0n) is 10.7. The van der Waals surface area contributed by atoms with E-state index in [9.17, 15) is 8.78 Å². The maximum absolute atomic E-state index is 13.6. The second-order valence-corrected chi connectivity index (χ2v) is 4.01. The van der Waals surface area contributed by atoms with E-state index in [0.717, 1.165) is 19.6 Å². The first-order valence-corrected chi connectivity index (χ1v) is 6.01. The SMILES string of the molecule is CCN(CC)CCNc1c(F)ccc(C)c1F. The van der Waals surface area contributed by atoms with Crippen molar-refractivity contribution in [1.29, 1.82) is 0 Å². The third kappa shape index (κ3) is 3.66. The summed E-state index contributed by atoms with van der Waals surface area (Å²) in [5.74, 6) is -1.03. The molecule has 1 rings (SSSR count). The summed E-state index contributed by atoms with van der Waals surface area (Å²) < 4.78 is 27.0. The average Bonchev–Trinajstić information content (AvgIpc) is 2.33. The van der Waals surface area contributed by atoms with Crippen molar-refractivity contribution in [1.82, 2.24) is 4.90 Å². The molecule has 1 N–H and O–H groups in total. The third-order valence-corrected chi connectivity index (χ3v) is 2.91. The summed E-state index contributed by atoms with van der Waals surface area (Å²) in [6.07, 6.45) is 0. The first-order chi connectivity index (χ1) is 8.10. The molecule has 17 heavy (non-hydrogen) atoms. The Kier molecular flexibility index (Phi) is 5.35. The second kappa shape index (κ2) is 6.55. The number of likely N-dealkylation sites (N-methyl/N-ethyl adjacent to an activating group) is 1. The Balaban J connectivity index is 2.60. The van der Waals surface area contributed by atoms with E-state index in [4.69, 9.17) is 0 Å². The third-order valence-electron chi connectivity index (χ3n) is 2.91. The van der Waals surface area contributed by atoms with Crippen LogP contribution >= 0.6 is 0 Å². The van der Waals surface area contributed by atoms with Crippen LogP contribution in [0.2, 0.25) is 0 Å². The molecule has 1 aromatic rings. The Labute approximate surface area is 102 Å².